The third-order valence-electron chi connectivity index (χ3n) is 4.48. The lowest BCUT2D eigenvalue weighted by Crippen LogP contribution is -1.90. The van der Waals surface area contributed by atoms with Crippen LogP contribution in [0.4, 0.5) is 0 Å². The molecule has 0 spiro atoms. The maximum absolute atomic E-state index is 2.55. The number of fused-ring (bicyclic) bond motifs is 1. The molecule has 15 heavy (non-hydrogen) atoms. The van der Waals surface area contributed by atoms with Gasteiger partial charge in [-0.05, 0) is 56.8 Å². The van der Waals surface area contributed by atoms with Gasteiger partial charge in [-0.15, -0.1) is 0 Å². The van der Waals surface area contributed by atoms with Gasteiger partial charge in [0.2, 0.25) is 0 Å². The van der Waals surface area contributed by atoms with E-state index in [1.54, 1.807) is 11.1 Å². The van der Waals surface area contributed by atoms with Crippen LogP contribution in [0.5, 0.6) is 0 Å². The van der Waals surface area contributed by atoms with Gasteiger partial charge in [0.05, 0.1) is 0 Å². The van der Waals surface area contributed by atoms with Crippen molar-refractivity contribution in [3.05, 3.63) is 23.3 Å². The average molecular weight is 204 g/mol. The summed E-state index contributed by atoms with van der Waals surface area (Å²) in [7, 11) is 0. The molecule has 2 unspecified atom stereocenters. The molecule has 0 saturated heterocycles. The van der Waals surface area contributed by atoms with Crippen LogP contribution >= 0.6 is 0 Å². The SMILES string of the molecule is C/C1=C/CC/C(C)=C/C2C(CC1)C2(C)C. The molecule has 0 amide bonds. The standard InChI is InChI=1S/C15H24/c1-11-6-5-7-12(2)10-14-13(9-8-11)15(14,3)4/h6,10,13-14H,5,7-9H2,1-4H3/b11-6-,12-10+. The minimum absolute atomic E-state index is 0.575. The first-order valence-electron chi connectivity index (χ1n) is 6.34. The monoisotopic (exact) mass is 204 g/mol. The molecule has 84 valence electrons. The van der Waals surface area contributed by atoms with Crippen molar-refractivity contribution in [2.75, 3.05) is 0 Å². The molecule has 0 heteroatoms. The molecule has 1 saturated carbocycles. The van der Waals surface area contributed by atoms with Crippen molar-refractivity contribution in [1.29, 1.82) is 0 Å². The summed E-state index contributed by atoms with van der Waals surface area (Å²) in [5, 5.41) is 0. The Hall–Kier alpha value is -0.520. The minimum atomic E-state index is 0.575. The number of allylic oxidation sites excluding steroid dienone is 4. The van der Waals surface area contributed by atoms with E-state index in [4.69, 9.17) is 0 Å². The largest absolute Gasteiger partial charge is 0.0853 e. The van der Waals surface area contributed by atoms with Gasteiger partial charge >= 0.3 is 0 Å². The molecule has 2 atom stereocenters. The van der Waals surface area contributed by atoms with E-state index in [0.717, 1.165) is 11.8 Å². The van der Waals surface area contributed by atoms with Crippen molar-refractivity contribution in [2.45, 2.75) is 53.4 Å². The van der Waals surface area contributed by atoms with Gasteiger partial charge < -0.3 is 0 Å². The third kappa shape index (κ3) is 2.19. The van der Waals surface area contributed by atoms with E-state index in [9.17, 15) is 0 Å². The Morgan fingerprint density at radius 3 is 2.60 bits per heavy atom. The molecule has 0 aliphatic heterocycles. The van der Waals surface area contributed by atoms with Crippen LogP contribution in [0.2, 0.25) is 0 Å². The first kappa shape index (κ1) is 11.0. The van der Waals surface area contributed by atoms with Gasteiger partial charge in [-0.25, -0.2) is 0 Å². The van der Waals surface area contributed by atoms with E-state index >= 15 is 0 Å². The van der Waals surface area contributed by atoms with Gasteiger partial charge in [0.25, 0.3) is 0 Å². The second-order valence-corrected chi connectivity index (χ2v) is 6.09. The number of hydrogen-bond acceptors (Lipinski definition) is 0. The second kappa shape index (κ2) is 3.81. The summed E-state index contributed by atoms with van der Waals surface area (Å²) < 4.78 is 0. The van der Waals surface area contributed by atoms with Gasteiger partial charge in [0, 0.05) is 0 Å². The maximum Gasteiger partial charge on any atom is -0.0143 e. The van der Waals surface area contributed by atoms with E-state index in [1.165, 1.54) is 25.7 Å². The van der Waals surface area contributed by atoms with E-state index in [2.05, 4.69) is 39.8 Å². The van der Waals surface area contributed by atoms with Crippen molar-refractivity contribution in [1.82, 2.24) is 0 Å². The smallest absolute Gasteiger partial charge is 0.0143 e. The molecule has 0 aromatic heterocycles. The number of hydrogen-bond donors (Lipinski definition) is 0. The molecule has 0 aromatic rings. The first-order chi connectivity index (χ1) is 7.01. The zero-order chi connectivity index (χ0) is 11.1. The van der Waals surface area contributed by atoms with Crippen LogP contribution in [0, 0.1) is 17.3 Å². The maximum atomic E-state index is 2.55. The molecule has 2 aliphatic carbocycles. The summed E-state index contributed by atoms with van der Waals surface area (Å²) >= 11 is 0. The molecule has 0 bridgehead atoms. The quantitative estimate of drug-likeness (QED) is 0.501. The summed E-state index contributed by atoms with van der Waals surface area (Å²) in [6.07, 6.45) is 10.2. The van der Waals surface area contributed by atoms with E-state index in [0.29, 0.717) is 5.41 Å². The Kier molecular flexibility index (Phi) is 2.79. The van der Waals surface area contributed by atoms with E-state index in [1.807, 2.05) is 0 Å². The first-order valence-corrected chi connectivity index (χ1v) is 6.34. The molecule has 1 fully saturated rings. The van der Waals surface area contributed by atoms with Crippen LogP contribution in [-0.2, 0) is 0 Å². The molecule has 0 heterocycles. The summed E-state index contributed by atoms with van der Waals surface area (Å²) in [5.41, 5.74) is 3.78. The third-order valence-corrected chi connectivity index (χ3v) is 4.48. The predicted octanol–water partition coefficient (Wildman–Crippen LogP) is 4.73. The summed E-state index contributed by atoms with van der Waals surface area (Å²) in [6.45, 7) is 9.47. The van der Waals surface area contributed by atoms with Crippen LogP contribution in [0.25, 0.3) is 0 Å². The zero-order valence-electron chi connectivity index (χ0n) is 10.6. The van der Waals surface area contributed by atoms with Crippen molar-refractivity contribution in [3.63, 3.8) is 0 Å². The predicted molar refractivity (Wildman–Crippen MR) is 66.7 cm³/mol. The zero-order valence-corrected chi connectivity index (χ0v) is 10.6. The molecule has 2 rings (SSSR count). The lowest BCUT2D eigenvalue weighted by molar-refractivity contribution is 0.528. The second-order valence-electron chi connectivity index (χ2n) is 6.09. The van der Waals surface area contributed by atoms with Gasteiger partial charge in [-0.3, -0.25) is 0 Å². The Morgan fingerprint density at radius 2 is 1.87 bits per heavy atom. The molecule has 2 aliphatic rings. The molecule has 0 aromatic carbocycles. The van der Waals surface area contributed by atoms with Crippen molar-refractivity contribution in [3.8, 4) is 0 Å². The Bertz CT molecular complexity index is 304. The van der Waals surface area contributed by atoms with Crippen LogP contribution in [-0.4, -0.2) is 0 Å². The minimum Gasteiger partial charge on any atom is -0.0853 e. The lowest BCUT2D eigenvalue weighted by Gasteiger charge is -2.05. The highest BCUT2D eigenvalue weighted by atomic mass is 14.6. The van der Waals surface area contributed by atoms with Gasteiger partial charge in [-0.2, -0.15) is 0 Å². The number of rotatable bonds is 0. The van der Waals surface area contributed by atoms with Gasteiger partial charge in [0.1, 0.15) is 0 Å². The normalized spacial score (nSPS) is 41.9. The molecule has 0 radical (unpaired) electrons. The van der Waals surface area contributed by atoms with Crippen molar-refractivity contribution < 1.29 is 0 Å². The fourth-order valence-electron chi connectivity index (χ4n) is 3.09. The van der Waals surface area contributed by atoms with Crippen LogP contribution in [0.15, 0.2) is 23.3 Å². The van der Waals surface area contributed by atoms with Crippen molar-refractivity contribution >= 4 is 0 Å². The van der Waals surface area contributed by atoms with Gasteiger partial charge in [0.15, 0.2) is 0 Å². The molecule has 0 nitrogen and oxygen atoms in total. The fraction of sp³-hybridized carbons (Fsp3) is 0.733. The van der Waals surface area contributed by atoms with Gasteiger partial charge in [-0.1, -0.05) is 37.1 Å². The Morgan fingerprint density at radius 1 is 1.13 bits per heavy atom. The average Bonchev–Trinajstić information content (AvgIpc) is 2.65. The van der Waals surface area contributed by atoms with E-state index < -0.39 is 0 Å². The molecule has 0 N–H and O–H groups in total. The molecular formula is C15H24. The highest BCUT2D eigenvalue weighted by Crippen LogP contribution is 2.61. The van der Waals surface area contributed by atoms with Crippen LogP contribution in [0.3, 0.4) is 0 Å². The van der Waals surface area contributed by atoms with Crippen LogP contribution in [0.1, 0.15) is 53.4 Å². The Labute approximate surface area is 94.5 Å². The Balaban J connectivity index is 2.13. The summed E-state index contributed by atoms with van der Waals surface area (Å²) in [6, 6.07) is 0. The van der Waals surface area contributed by atoms with E-state index in [-0.39, 0.29) is 0 Å². The summed E-state index contributed by atoms with van der Waals surface area (Å²) in [5.74, 6) is 1.80. The van der Waals surface area contributed by atoms with Crippen LogP contribution < -0.4 is 0 Å². The lowest BCUT2D eigenvalue weighted by atomic mass is 10.0. The fourth-order valence-corrected chi connectivity index (χ4v) is 3.09. The summed E-state index contributed by atoms with van der Waals surface area (Å²) in [4.78, 5) is 0. The van der Waals surface area contributed by atoms with Crippen molar-refractivity contribution in [2.24, 2.45) is 17.3 Å². The highest BCUT2D eigenvalue weighted by Gasteiger charge is 2.55. The highest BCUT2D eigenvalue weighted by molar-refractivity contribution is 5.19. The molecular weight excluding hydrogens is 180 g/mol. The topological polar surface area (TPSA) is 0 Å².